The third kappa shape index (κ3) is 3.48. The summed E-state index contributed by atoms with van der Waals surface area (Å²) in [6, 6.07) is 6.64. The topological polar surface area (TPSA) is 75.4 Å². The summed E-state index contributed by atoms with van der Waals surface area (Å²) in [5, 5.41) is 12.1. The van der Waals surface area contributed by atoms with Crippen molar-refractivity contribution in [3.63, 3.8) is 0 Å². The number of hydrogen-bond acceptors (Lipinski definition) is 3. The largest absolute Gasteiger partial charge is 0.423 e. The molecule has 118 valence electrons. The lowest BCUT2D eigenvalue weighted by atomic mass is 9.93. The molecular formula is C13H16ClF3N2O2. The molecule has 1 fully saturated rings. The maximum absolute atomic E-state index is 13.1. The SMILES string of the molecule is Cl.NC1(C(=O)NCC(O)(c2ccccc2)C(F)(F)F)CC1. The van der Waals surface area contributed by atoms with E-state index < -0.39 is 29.8 Å². The van der Waals surface area contributed by atoms with Crippen molar-refractivity contribution in [2.24, 2.45) is 5.73 Å². The molecule has 1 atom stereocenters. The van der Waals surface area contributed by atoms with Crippen molar-refractivity contribution in [2.45, 2.75) is 30.2 Å². The lowest BCUT2D eigenvalue weighted by Crippen LogP contribution is -2.54. The summed E-state index contributed by atoms with van der Waals surface area (Å²) >= 11 is 0. The van der Waals surface area contributed by atoms with Crippen LogP contribution in [0.5, 0.6) is 0 Å². The Morgan fingerprint density at radius 2 is 1.81 bits per heavy atom. The fourth-order valence-electron chi connectivity index (χ4n) is 1.83. The van der Waals surface area contributed by atoms with Crippen LogP contribution in [0.15, 0.2) is 30.3 Å². The van der Waals surface area contributed by atoms with Crippen molar-refractivity contribution in [2.75, 3.05) is 6.54 Å². The summed E-state index contributed by atoms with van der Waals surface area (Å²) < 4.78 is 39.4. The van der Waals surface area contributed by atoms with E-state index in [-0.39, 0.29) is 18.0 Å². The van der Waals surface area contributed by atoms with Gasteiger partial charge in [0.1, 0.15) is 0 Å². The Morgan fingerprint density at radius 1 is 1.29 bits per heavy atom. The lowest BCUT2D eigenvalue weighted by Gasteiger charge is -2.31. The van der Waals surface area contributed by atoms with Gasteiger partial charge in [-0.1, -0.05) is 30.3 Å². The lowest BCUT2D eigenvalue weighted by molar-refractivity contribution is -0.264. The summed E-state index contributed by atoms with van der Waals surface area (Å²) in [5.41, 5.74) is 1.06. The van der Waals surface area contributed by atoms with Crippen LogP contribution in [0, 0.1) is 0 Å². The molecular weight excluding hydrogens is 309 g/mol. The molecule has 8 heteroatoms. The van der Waals surface area contributed by atoms with Crippen molar-refractivity contribution in [3.8, 4) is 0 Å². The van der Waals surface area contributed by atoms with Gasteiger partial charge in [-0.05, 0) is 18.4 Å². The number of halogens is 4. The van der Waals surface area contributed by atoms with E-state index in [9.17, 15) is 23.1 Å². The first-order valence-electron chi connectivity index (χ1n) is 6.11. The molecule has 0 aliphatic heterocycles. The summed E-state index contributed by atoms with van der Waals surface area (Å²) in [6.45, 7) is -0.960. The molecule has 1 aromatic rings. The van der Waals surface area contributed by atoms with Crippen LogP contribution >= 0.6 is 12.4 Å². The fourth-order valence-corrected chi connectivity index (χ4v) is 1.83. The van der Waals surface area contributed by atoms with Crippen molar-refractivity contribution < 1.29 is 23.1 Å². The standard InChI is InChI=1S/C13H15F3N2O2.ClH/c14-13(15,16)12(20,9-4-2-1-3-5-9)8-18-10(19)11(17)6-7-11;/h1-5,20H,6-8,17H2,(H,18,19);1H. The smallest absolute Gasteiger partial charge is 0.375 e. The maximum Gasteiger partial charge on any atom is 0.423 e. The molecule has 4 N–H and O–H groups in total. The number of carbonyl (C=O) groups excluding carboxylic acids is 1. The minimum atomic E-state index is -4.91. The second kappa shape index (κ2) is 5.82. The van der Waals surface area contributed by atoms with E-state index in [1.54, 1.807) is 0 Å². The van der Waals surface area contributed by atoms with Crippen LogP contribution in [0.25, 0.3) is 0 Å². The van der Waals surface area contributed by atoms with Gasteiger partial charge < -0.3 is 16.2 Å². The number of alkyl halides is 3. The second-order valence-electron chi connectivity index (χ2n) is 5.06. The molecule has 1 aromatic carbocycles. The van der Waals surface area contributed by atoms with E-state index in [4.69, 9.17) is 5.73 Å². The molecule has 1 aliphatic carbocycles. The normalized spacial score (nSPS) is 19.1. The third-order valence-corrected chi connectivity index (χ3v) is 3.47. The Kier molecular flexibility index (Phi) is 4.92. The van der Waals surface area contributed by atoms with Gasteiger partial charge >= 0.3 is 6.18 Å². The molecule has 4 nitrogen and oxygen atoms in total. The van der Waals surface area contributed by atoms with Gasteiger partial charge in [0.25, 0.3) is 0 Å². The molecule has 0 radical (unpaired) electrons. The van der Waals surface area contributed by atoms with Gasteiger partial charge in [0.2, 0.25) is 11.5 Å². The van der Waals surface area contributed by atoms with Gasteiger partial charge in [-0.2, -0.15) is 13.2 Å². The first kappa shape index (κ1) is 17.7. The molecule has 1 aliphatic rings. The highest BCUT2D eigenvalue weighted by Crippen LogP contribution is 2.39. The van der Waals surface area contributed by atoms with Crippen LogP contribution in [-0.4, -0.2) is 29.3 Å². The average Bonchev–Trinajstić information content (AvgIpc) is 3.14. The number of nitrogens with one attached hydrogen (secondary N) is 1. The second-order valence-corrected chi connectivity index (χ2v) is 5.06. The Morgan fingerprint density at radius 3 is 2.24 bits per heavy atom. The van der Waals surface area contributed by atoms with Gasteiger partial charge in [-0.15, -0.1) is 12.4 Å². The van der Waals surface area contributed by atoms with E-state index in [0.717, 1.165) is 12.1 Å². The third-order valence-electron chi connectivity index (χ3n) is 3.47. The van der Waals surface area contributed by atoms with Gasteiger partial charge in [0.05, 0.1) is 12.1 Å². The van der Waals surface area contributed by atoms with Crippen molar-refractivity contribution in [1.29, 1.82) is 0 Å². The summed E-state index contributed by atoms with van der Waals surface area (Å²) in [4.78, 5) is 11.6. The molecule has 21 heavy (non-hydrogen) atoms. The maximum atomic E-state index is 13.1. The molecule has 1 unspecified atom stereocenters. The molecule has 0 aromatic heterocycles. The van der Waals surface area contributed by atoms with Crippen molar-refractivity contribution in [3.05, 3.63) is 35.9 Å². The first-order chi connectivity index (χ1) is 9.19. The zero-order chi connectivity index (χ0) is 15.0. The number of amides is 1. The Hall–Kier alpha value is -1.31. The van der Waals surface area contributed by atoms with Crippen LogP contribution in [0.4, 0.5) is 13.2 Å². The van der Waals surface area contributed by atoms with Crippen molar-refractivity contribution >= 4 is 18.3 Å². The summed E-state index contributed by atoms with van der Waals surface area (Å²) in [6.07, 6.45) is -4.03. The van der Waals surface area contributed by atoms with Crippen LogP contribution in [0.1, 0.15) is 18.4 Å². The Labute approximate surface area is 125 Å². The summed E-state index contributed by atoms with van der Waals surface area (Å²) in [7, 11) is 0. The van der Waals surface area contributed by atoms with Gasteiger partial charge in [0.15, 0.2) is 0 Å². The van der Waals surface area contributed by atoms with Crippen LogP contribution in [0.3, 0.4) is 0 Å². The molecule has 2 rings (SSSR count). The zero-order valence-electron chi connectivity index (χ0n) is 11.0. The van der Waals surface area contributed by atoms with E-state index in [2.05, 4.69) is 5.32 Å². The van der Waals surface area contributed by atoms with E-state index in [0.29, 0.717) is 12.8 Å². The first-order valence-corrected chi connectivity index (χ1v) is 6.11. The highest BCUT2D eigenvalue weighted by molar-refractivity contribution is 5.89. The number of carbonyl (C=O) groups is 1. The van der Waals surface area contributed by atoms with Gasteiger partial charge in [0, 0.05) is 0 Å². The molecule has 0 bridgehead atoms. The van der Waals surface area contributed by atoms with Crippen LogP contribution < -0.4 is 11.1 Å². The molecule has 1 saturated carbocycles. The van der Waals surface area contributed by atoms with Gasteiger partial charge in [-0.3, -0.25) is 4.79 Å². The number of hydrogen-bond donors (Lipinski definition) is 3. The molecule has 0 saturated heterocycles. The monoisotopic (exact) mass is 324 g/mol. The van der Waals surface area contributed by atoms with Gasteiger partial charge in [-0.25, -0.2) is 0 Å². The molecule has 1 amide bonds. The number of rotatable bonds is 4. The number of aliphatic hydroxyl groups is 1. The summed E-state index contributed by atoms with van der Waals surface area (Å²) in [5.74, 6) is -0.670. The van der Waals surface area contributed by atoms with Crippen LogP contribution in [0.2, 0.25) is 0 Å². The highest BCUT2D eigenvalue weighted by atomic mass is 35.5. The van der Waals surface area contributed by atoms with E-state index in [1.165, 1.54) is 18.2 Å². The number of benzene rings is 1. The van der Waals surface area contributed by atoms with Crippen molar-refractivity contribution in [1.82, 2.24) is 5.32 Å². The quantitative estimate of drug-likeness (QED) is 0.785. The Balaban J connectivity index is 0.00000220. The minimum absolute atomic E-state index is 0. The predicted octanol–water partition coefficient (Wildman–Crippen LogP) is 1.47. The van der Waals surface area contributed by atoms with E-state index in [1.807, 2.05) is 0 Å². The molecule has 0 spiro atoms. The average molecular weight is 325 g/mol. The highest BCUT2D eigenvalue weighted by Gasteiger charge is 2.56. The minimum Gasteiger partial charge on any atom is -0.375 e. The predicted molar refractivity (Wildman–Crippen MR) is 72.8 cm³/mol. The molecule has 0 heterocycles. The number of nitrogens with two attached hydrogens (primary N) is 1. The fraction of sp³-hybridized carbons (Fsp3) is 0.462. The van der Waals surface area contributed by atoms with Crippen LogP contribution in [-0.2, 0) is 10.4 Å². The Bertz CT molecular complexity index is 506. The van der Waals surface area contributed by atoms with E-state index >= 15 is 0 Å². The zero-order valence-corrected chi connectivity index (χ0v) is 11.8.